The molecule has 1 amide bonds. The Labute approximate surface area is 149 Å². The van der Waals surface area contributed by atoms with Crippen LogP contribution in [0.5, 0.6) is 0 Å². The predicted octanol–water partition coefficient (Wildman–Crippen LogP) is 1.97. The molecule has 7 nitrogen and oxygen atoms in total. The van der Waals surface area contributed by atoms with Gasteiger partial charge in [-0.3, -0.25) is 9.59 Å². The van der Waals surface area contributed by atoms with E-state index in [0.717, 1.165) is 16.5 Å². The van der Waals surface area contributed by atoms with E-state index < -0.39 is 12.0 Å². The zero-order chi connectivity index (χ0) is 18.5. The third kappa shape index (κ3) is 4.00. The fourth-order valence-electron chi connectivity index (χ4n) is 2.78. The van der Waals surface area contributed by atoms with Gasteiger partial charge < -0.3 is 20.0 Å². The second kappa shape index (κ2) is 7.69. The molecule has 3 rings (SSSR count). The molecule has 0 radical (unpaired) electrons. The van der Waals surface area contributed by atoms with Crippen molar-refractivity contribution in [2.45, 2.75) is 19.4 Å². The third-order valence-corrected chi connectivity index (χ3v) is 4.00. The van der Waals surface area contributed by atoms with Crippen LogP contribution in [0.4, 0.5) is 0 Å². The fraction of sp³-hybridized carbons (Fsp3) is 0.211. The Morgan fingerprint density at radius 1 is 1.12 bits per heavy atom. The van der Waals surface area contributed by atoms with Gasteiger partial charge in [0, 0.05) is 36.6 Å². The molecular formula is C19H19N3O4. The van der Waals surface area contributed by atoms with Crippen LogP contribution < -0.4 is 5.32 Å². The van der Waals surface area contributed by atoms with E-state index in [1.165, 1.54) is 6.92 Å². The largest absolute Gasteiger partial charge is 0.456 e. The Morgan fingerprint density at radius 3 is 2.65 bits per heavy atom. The van der Waals surface area contributed by atoms with Gasteiger partial charge >= 0.3 is 5.97 Å². The van der Waals surface area contributed by atoms with Crippen LogP contribution in [0, 0.1) is 0 Å². The maximum atomic E-state index is 12.4. The highest BCUT2D eigenvalue weighted by Gasteiger charge is 2.24. The van der Waals surface area contributed by atoms with Crippen LogP contribution in [0.15, 0.2) is 48.8 Å². The van der Waals surface area contributed by atoms with E-state index in [-0.39, 0.29) is 24.7 Å². The first-order chi connectivity index (χ1) is 12.5. The number of rotatable bonds is 7. The summed E-state index contributed by atoms with van der Waals surface area (Å²) in [5, 5.41) is 3.57. The summed E-state index contributed by atoms with van der Waals surface area (Å²) >= 11 is 0. The van der Waals surface area contributed by atoms with Crippen LogP contribution >= 0.6 is 0 Å². The maximum Gasteiger partial charge on any atom is 0.329 e. The van der Waals surface area contributed by atoms with Crippen molar-refractivity contribution in [1.82, 2.24) is 15.3 Å². The Morgan fingerprint density at radius 2 is 1.92 bits per heavy atom. The van der Waals surface area contributed by atoms with Crippen LogP contribution in [0.1, 0.15) is 23.0 Å². The number of hydrogen-bond acceptors (Lipinski definition) is 4. The Kier molecular flexibility index (Phi) is 5.17. The Hall–Kier alpha value is -3.35. The predicted molar refractivity (Wildman–Crippen MR) is 95.7 cm³/mol. The van der Waals surface area contributed by atoms with Crippen LogP contribution in [0.2, 0.25) is 0 Å². The van der Waals surface area contributed by atoms with Crippen molar-refractivity contribution < 1.29 is 19.1 Å². The molecule has 134 valence electrons. The SMILES string of the molecule is CC(=O)N[C@@H](Cc1c[nH]c2ccccc12)C(=O)OCC(=O)c1ccc[nH]1. The van der Waals surface area contributed by atoms with Gasteiger partial charge in [-0.2, -0.15) is 0 Å². The topological polar surface area (TPSA) is 104 Å². The number of hydrogen-bond donors (Lipinski definition) is 3. The number of benzene rings is 1. The van der Waals surface area contributed by atoms with Crippen LogP contribution in [-0.4, -0.2) is 40.3 Å². The lowest BCUT2D eigenvalue weighted by molar-refractivity contribution is -0.146. The average Bonchev–Trinajstić information content (AvgIpc) is 3.29. The summed E-state index contributed by atoms with van der Waals surface area (Å²) in [6.07, 6.45) is 3.68. The first kappa shape index (κ1) is 17.5. The summed E-state index contributed by atoms with van der Waals surface area (Å²) in [6.45, 7) is 0.947. The van der Waals surface area contributed by atoms with E-state index in [2.05, 4.69) is 15.3 Å². The number of fused-ring (bicyclic) bond motifs is 1. The molecule has 0 saturated heterocycles. The lowest BCUT2D eigenvalue weighted by Gasteiger charge is -2.16. The zero-order valence-electron chi connectivity index (χ0n) is 14.2. The molecule has 0 aliphatic rings. The number of carbonyl (C=O) groups excluding carboxylic acids is 3. The Bertz CT molecular complexity index is 927. The standard InChI is InChI=1S/C19H19N3O4/c1-12(23)22-17(9-13-10-21-15-6-3-2-5-14(13)15)19(25)26-11-18(24)16-7-4-8-20-16/h2-8,10,17,20-21H,9,11H2,1H3,(H,22,23)/t17-/m0/s1. The quantitative estimate of drug-likeness (QED) is 0.446. The number of Topliss-reactive ketones (excluding diaryl/α,β-unsaturated/α-hetero) is 1. The van der Waals surface area contributed by atoms with Gasteiger partial charge in [0.1, 0.15) is 6.04 Å². The molecule has 0 aliphatic heterocycles. The van der Waals surface area contributed by atoms with Gasteiger partial charge in [0.25, 0.3) is 0 Å². The molecule has 0 fully saturated rings. The third-order valence-electron chi connectivity index (χ3n) is 4.00. The minimum atomic E-state index is -0.872. The number of aromatic nitrogens is 2. The molecule has 0 bridgehead atoms. The molecular weight excluding hydrogens is 334 g/mol. The van der Waals surface area contributed by atoms with E-state index in [1.54, 1.807) is 24.5 Å². The van der Waals surface area contributed by atoms with Crippen LogP contribution in [0.3, 0.4) is 0 Å². The van der Waals surface area contributed by atoms with E-state index >= 15 is 0 Å². The number of nitrogens with one attached hydrogen (secondary N) is 3. The number of ketones is 1. The lowest BCUT2D eigenvalue weighted by atomic mass is 10.0. The number of H-pyrrole nitrogens is 2. The molecule has 26 heavy (non-hydrogen) atoms. The van der Waals surface area contributed by atoms with Crippen molar-refractivity contribution in [1.29, 1.82) is 0 Å². The van der Waals surface area contributed by atoms with E-state index in [1.807, 2.05) is 24.3 Å². The molecule has 1 aromatic carbocycles. The fourth-order valence-corrected chi connectivity index (χ4v) is 2.78. The van der Waals surface area contributed by atoms with Gasteiger partial charge in [0.05, 0.1) is 5.69 Å². The second-order valence-corrected chi connectivity index (χ2v) is 5.93. The van der Waals surface area contributed by atoms with Crippen molar-refractivity contribution in [2.75, 3.05) is 6.61 Å². The number of esters is 1. The first-order valence-corrected chi connectivity index (χ1v) is 8.20. The molecule has 0 unspecified atom stereocenters. The average molecular weight is 353 g/mol. The van der Waals surface area contributed by atoms with Crippen molar-refractivity contribution in [2.24, 2.45) is 0 Å². The second-order valence-electron chi connectivity index (χ2n) is 5.93. The molecule has 0 spiro atoms. The van der Waals surface area contributed by atoms with Crippen molar-refractivity contribution >= 4 is 28.6 Å². The summed E-state index contributed by atoms with van der Waals surface area (Å²) in [5.41, 5.74) is 2.19. The summed E-state index contributed by atoms with van der Waals surface area (Å²) in [7, 11) is 0. The van der Waals surface area contributed by atoms with E-state index in [9.17, 15) is 14.4 Å². The summed E-state index contributed by atoms with van der Waals surface area (Å²) in [6, 6.07) is 10.1. The van der Waals surface area contributed by atoms with Crippen LogP contribution in [-0.2, 0) is 20.7 Å². The zero-order valence-corrected chi connectivity index (χ0v) is 14.2. The van der Waals surface area contributed by atoms with Gasteiger partial charge in [0.2, 0.25) is 11.7 Å². The van der Waals surface area contributed by atoms with Gasteiger partial charge in [0.15, 0.2) is 6.61 Å². The monoisotopic (exact) mass is 353 g/mol. The molecule has 3 aromatic rings. The molecule has 7 heteroatoms. The number of aromatic amines is 2. The summed E-state index contributed by atoms with van der Waals surface area (Å²) in [5.74, 6) is -1.33. The van der Waals surface area contributed by atoms with Gasteiger partial charge in [-0.15, -0.1) is 0 Å². The molecule has 0 aliphatic carbocycles. The number of amides is 1. The Balaban J connectivity index is 1.69. The highest BCUT2D eigenvalue weighted by Crippen LogP contribution is 2.19. The van der Waals surface area contributed by atoms with Crippen molar-refractivity contribution in [3.63, 3.8) is 0 Å². The minimum Gasteiger partial charge on any atom is -0.456 e. The normalized spacial score (nSPS) is 11.9. The summed E-state index contributed by atoms with van der Waals surface area (Å²) in [4.78, 5) is 41.7. The van der Waals surface area contributed by atoms with Crippen molar-refractivity contribution in [3.8, 4) is 0 Å². The van der Waals surface area contributed by atoms with E-state index in [4.69, 9.17) is 4.74 Å². The number of ether oxygens (including phenoxy) is 1. The highest BCUT2D eigenvalue weighted by atomic mass is 16.5. The highest BCUT2D eigenvalue weighted by molar-refractivity contribution is 5.96. The number of carbonyl (C=O) groups is 3. The van der Waals surface area contributed by atoms with Crippen molar-refractivity contribution in [3.05, 3.63) is 60.0 Å². The first-order valence-electron chi connectivity index (χ1n) is 8.20. The molecule has 2 heterocycles. The lowest BCUT2D eigenvalue weighted by Crippen LogP contribution is -2.42. The summed E-state index contributed by atoms with van der Waals surface area (Å²) < 4.78 is 5.12. The van der Waals surface area contributed by atoms with Gasteiger partial charge in [-0.05, 0) is 23.8 Å². The number of para-hydroxylation sites is 1. The molecule has 0 saturated carbocycles. The van der Waals surface area contributed by atoms with Crippen LogP contribution in [0.25, 0.3) is 10.9 Å². The minimum absolute atomic E-state index is 0.263. The smallest absolute Gasteiger partial charge is 0.329 e. The molecule has 3 N–H and O–H groups in total. The molecule has 1 atom stereocenters. The van der Waals surface area contributed by atoms with Gasteiger partial charge in [-0.25, -0.2) is 4.79 Å². The van der Waals surface area contributed by atoms with E-state index in [0.29, 0.717) is 5.69 Å². The van der Waals surface area contributed by atoms with Gasteiger partial charge in [-0.1, -0.05) is 18.2 Å². The molecule has 2 aromatic heterocycles. The maximum absolute atomic E-state index is 12.4.